The lowest BCUT2D eigenvalue weighted by molar-refractivity contribution is 0.580. The third-order valence-electron chi connectivity index (χ3n) is 4.65. The van der Waals surface area contributed by atoms with Gasteiger partial charge in [0.05, 0.1) is 28.1 Å². The van der Waals surface area contributed by atoms with Crippen molar-refractivity contribution in [3.8, 4) is 0 Å². The molecule has 1 saturated heterocycles. The predicted molar refractivity (Wildman–Crippen MR) is 104 cm³/mol. The van der Waals surface area contributed by atoms with E-state index in [1.165, 1.54) is 4.31 Å². The summed E-state index contributed by atoms with van der Waals surface area (Å²) < 4.78 is 51.8. The van der Waals surface area contributed by atoms with Gasteiger partial charge >= 0.3 is 0 Å². The molecule has 2 aromatic carbocycles. The molecule has 0 saturated carbocycles. The van der Waals surface area contributed by atoms with Gasteiger partial charge in [-0.05, 0) is 42.2 Å². The fraction of sp³-hybridized carbons (Fsp3) is 0.368. The smallest absolute Gasteiger partial charge is 0.262 e. The van der Waals surface area contributed by atoms with Crippen molar-refractivity contribution in [3.63, 3.8) is 0 Å². The highest BCUT2D eigenvalue weighted by Gasteiger charge is 2.39. The minimum Gasteiger partial charge on any atom is -0.262 e. The zero-order chi connectivity index (χ0) is 18.9. The van der Waals surface area contributed by atoms with E-state index in [2.05, 4.69) is 0 Å². The van der Waals surface area contributed by atoms with E-state index in [0.717, 1.165) is 5.56 Å². The third-order valence-corrected chi connectivity index (χ3v) is 8.30. The van der Waals surface area contributed by atoms with E-state index >= 15 is 0 Å². The molecule has 0 amide bonds. The van der Waals surface area contributed by atoms with Crippen LogP contribution in [0.3, 0.4) is 0 Å². The van der Waals surface area contributed by atoms with E-state index < -0.39 is 25.9 Å². The van der Waals surface area contributed by atoms with Gasteiger partial charge in [-0.25, -0.2) is 16.8 Å². The summed E-state index contributed by atoms with van der Waals surface area (Å²) in [5.41, 5.74) is 1.54. The lowest BCUT2D eigenvalue weighted by atomic mass is 10.0. The van der Waals surface area contributed by atoms with Gasteiger partial charge in [0.15, 0.2) is 9.84 Å². The molecule has 0 aliphatic carbocycles. The van der Waals surface area contributed by atoms with Crippen LogP contribution in [0.25, 0.3) is 0 Å². The van der Waals surface area contributed by atoms with Crippen molar-refractivity contribution in [1.29, 1.82) is 0 Å². The molecule has 0 aromatic heterocycles. The molecule has 26 heavy (non-hydrogen) atoms. The Balaban J connectivity index is 2.05. The van der Waals surface area contributed by atoms with Gasteiger partial charge in [0, 0.05) is 0 Å². The van der Waals surface area contributed by atoms with Gasteiger partial charge in [-0.15, -0.1) is 0 Å². The molecule has 140 valence electrons. The van der Waals surface area contributed by atoms with Crippen LogP contribution >= 0.6 is 0 Å². The lowest BCUT2D eigenvalue weighted by Crippen LogP contribution is -2.41. The number of nitrogens with zero attached hydrogens (tertiary/aromatic N) is 1. The maximum Gasteiger partial charge on any atom is 0.264 e. The van der Waals surface area contributed by atoms with Gasteiger partial charge in [-0.2, -0.15) is 0 Å². The van der Waals surface area contributed by atoms with E-state index in [1.807, 2.05) is 26.0 Å². The van der Waals surface area contributed by atoms with E-state index in [1.54, 1.807) is 42.5 Å². The topological polar surface area (TPSA) is 71.5 Å². The second-order valence-electron chi connectivity index (χ2n) is 6.92. The number of hydrogen-bond acceptors (Lipinski definition) is 4. The standard InChI is InChI=1S/C19H23NO4S2/c1-15(2)16-8-10-19(11-9-16)26(23,24)20(17-6-4-3-5-7-17)18-12-13-25(21,22)14-18/h3-11,15,18H,12-14H2,1-2H3/t18-/m1/s1. The number of benzene rings is 2. The third kappa shape index (κ3) is 3.78. The van der Waals surface area contributed by atoms with Crippen LogP contribution in [0.15, 0.2) is 59.5 Å². The minimum absolute atomic E-state index is 0.0167. The van der Waals surface area contributed by atoms with E-state index in [-0.39, 0.29) is 16.4 Å². The summed E-state index contributed by atoms with van der Waals surface area (Å²) in [4.78, 5) is 0.176. The van der Waals surface area contributed by atoms with Gasteiger partial charge in [0.25, 0.3) is 10.0 Å². The highest BCUT2D eigenvalue weighted by atomic mass is 32.2. The molecule has 0 spiro atoms. The molecule has 0 radical (unpaired) electrons. The summed E-state index contributed by atoms with van der Waals surface area (Å²) in [7, 11) is -7.08. The molecule has 0 N–H and O–H groups in total. The Morgan fingerprint density at radius 2 is 1.62 bits per heavy atom. The predicted octanol–water partition coefficient (Wildman–Crippen LogP) is 3.19. The van der Waals surface area contributed by atoms with Gasteiger partial charge in [-0.1, -0.05) is 44.2 Å². The zero-order valence-corrected chi connectivity index (χ0v) is 16.5. The normalized spacial score (nSPS) is 19.6. The Morgan fingerprint density at radius 1 is 1.00 bits per heavy atom. The first-order valence-corrected chi connectivity index (χ1v) is 11.9. The monoisotopic (exact) mass is 393 g/mol. The number of sulfonamides is 1. The molecule has 0 unspecified atom stereocenters. The first-order chi connectivity index (χ1) is 12.2. The largest absolute Gasteiger partial charge is 0.264 e. The van der Waals surface area contributed by atoms with E-state index in [4.69, 9.17) is 0 Å². The fourth-order valence-corrected chi connectivity index (χ4v) is 6.69. The van der Waals surface area contributed by atoms with Crippen molar-refractivity contribution in [3.05, 3.63) is 60.2 Å². The number of rotatable bonds is 5. The highest BCUT2D eigenvalue weighted by Crippen LogP contribution is 2.31. The molecule has 7 heteroatoms. The molecule has 3 rings (SSSR count). The van der Waals surface area contributed by atoms with Gasteiger partial charge < -0.3 is 0 Å². The second kappa shape index (κ2) is 7.04. The van der Waals surface area contributed by atoms with Crippen molar-refractivity contribution < 1.29 is 16.8 Å². The molecule has 0 bridgehead atoms. The van der Waals surface area contributed by atoms with Crippen molar-refractivity contribution >= 4 is 25.5 Å². The Kier molecular flexibility index (Phi) is 5.12. The van der Waals surface area contributed by atoms with Crippen molar-refractivity contribution in [2.45, 2.75) is 37.1 Å². The Bertz CT molecular complexity index is 966. The molecule has 1 heterocycles. The van der Waals surface area contributed by atoms with Crippen molar-refractivity contribution in [1.82, 2.24) is 0 Å². The van der Waals surface area contributed by atoms with Crippen LogP contribution in [0.1, 0.15) is 31.7 Å². The first-order valence-electron chi connectivity index (χ1n) is 8.60. The molecular formula is C19H23NO4S2. The van der Waals surface area contributed by atoms with Gasteiger partial charge in [-0.3, -0.25) is 4.31 Å². The maximum absolute atomic E-state index is 13.3. The number of anilines is 1. The molecule has 1 atom stereocenters. The second-order valence-corrected chi connectivity index (χ2v) is 11.0. The van der Waals surface area contributed by atoms with Gasteiger partial charge in [0.2, 0.25) is 0 Å². The number of hydrogen-bond donors (Lipinski definition) is 0. The fourth-order valence-electron chi connectivity index (χ4n) is 3.22. The summed E-state index contributed by atoms with van der Waals surface area (Å²) in [5.74, 6) is 0.172. The van der Waals surface area contributed by atoms with Crippen LogP contribution in [-0.4, -0.2) is 34.4 Å². The Morgan fingerprint density at radius 3 is 2.12 bits per heavy atom. The average molecular weight is 394 g/mol. The van der Waals surface area contributed by atoms with E-state index in [9.17, 15) is 16.8 Å². The highest BCUT2D eigenvalue weighted by molar-refractivity contribution is 7.93. The Hall–Kier alpha value is -1.86. The van der Waals surface area contributed by atoms with Crippen LogP contribution in [0.4, 0.5) is 5.69 Å². The minimum atomic E-state index is -3.86. The average Bonchev–Trinajstić information content (AvgIpc) is 2.95. The van der Waals surface area contributed by atoms with Crippen molar-refractivity contribution in [2.24, 2.45) is 0 Å². The molecular weight excluding hydrogens is 370 g/mol. The zero-order valence-electron chi connectivity index (χ0n) is 14.9. The summed E-state index contributed by atoms with van der Waals surface area (Å²) >= 11 is 0. The SMILES string of the molecule is CC(C)c1ccc(S(=O)(=O)N(c2ccccc2)[C@@H]2CCS(=O)(=O)C2)cc1. The van der Waals surface area contributed by atoms with E-state index in [0.29, 0.717) is 18.0 Å². The molecule has 1 aliphatic rings. The summed E-state index contributed by atoms with van der Waals surface area (Å²) in [6.45, 7) is 4.09. The molecule has 1 aliphatic heterocycles. The van der Waals surface area contributed by atoms with Crippen LogP contribution in [0.5, 0.6) is 0 Å². The van der Waals surface area contributed by atoms with Crippen LogP contribution < -0.4 is 4.31 Å². The van der Waals surface area contributed by atoms with Crippen LogP contribution in [0, 0.1) is 0 Å². The summed E-state index contributed by atoms with van der Waals surface area (Å²) in [5, 5.41) is 0. The van der Waals surface area contributed by atoms with Crippen molar-refractivity contribution in [2.75, 3.05) is 15.8 Å². The lowest BCUT2D eigenvalue weighted by Gasteiger charge is -2.29. The summed E-state index contributed by atoms with van der Waals surface area (Å²) in [6.07, 6.45) is 0.306. The number of para-hydroxylation sites is 1. The maximum atomic E-state index is 13.3. The first kappa shape index (κ1) is 18.9. The quantitative estimate of drug-likeness (QED) is 0.782. The van der Waals surface area contributed by atoms with Crippen LogP contribution in [-0.2, 0) is 19.9 Å². The van der Waals surface area contributed by atoms with Gasteiger partial charge in [0.1, 0.15) is 0 Å². The molecule has 2 aromatic rings. The van der Waals surface area contributed by atoms with Crippen LogP contribution in [0.2, 0.25) is 0 Å². The summed E-state index contributed by atoms with van der Waals surface area (Å²) in [6, 6.07) is 14.9. The molecule has 1 fully saturated rings. The number of sulfone groups is 1. The Labute approximate surface area is 155 Å². The molecule has 5 nitrogen and oxygen atoms in total.